The minimum absolute atomic E-state index is 0.429. The molecule has 16 heavy (non-hydrogen) atoms. The van der Waals surface area contributed by atoms with Crippen molar-refractivity contribution in [1.82, 2.24) is 0 Å². The van der Waals surface area contributed by atoms with Gasteiger partial charge in [0.1, 0.15) is 0 Å². The van der Waals surface area contributed by atoms with Crippen molar-refractivity contribution in [1.29, 1.82) is 0 Å². The largest absolute Gasteiger partial charge is 0.481 e. The third-order valence-corrected chi connectivity index (χ3v) is 2.80. The molecule has 0 spiro atoms. The minimum Gasteiger partial charge on any atom is -0.481 e. The maximum absolute atomic E-state index is 10.6. The summed E-state index contributed by atoms with van der Waals surface area (Å²) in [6, 6.07) is 6.92. The predicted molar refractivity (Wildman–Crippen MR) is 62.4 cm³/mol. The van der Waals surface area contributed by atoms with E-state index in [0.29, 0.717) is 17.9 Å². The van der Waals surface area contributed by atoms with Gasteiger partial charge in [-0.2, -0.15) is 0 Å². The van der Waals surface area contributed by atoms with Crippen LogP contribution in [0.15, 0.2) is 24.3 Å². The summed E-state index contributed by atoms with van der Waals surface area (Å²) in [6.45, 7) is 1.64. The van der Waals surface area contributed by atoms with Crippen molar-refractivity contribution in [2.75, 3.05) is 0 Å². The molecular weight excluding hydrogens is 228 g/mol. The molecule has 0 bridgehead atoms. The van der Waals surface area contributed by atoms with Crippen molar-refractivity contribution in [2.45, 2.75) is 25.9 Å². The van der Waals surface area contributed by atoms with E-state index in [0.717, 1.165) is 5.56 Å². The highest BCUT2D eigenvalue weighted by Crippen LogP contribution is 2.22. The van der Waals surface area contributed by atoms with Gasteiger partial charge in [0.05, 0.1) is 12.0 Å². The third kappa shape index (κ3) is 3.83. The normalized spacial score (nSPS) is 14.4. The summed E-state index contributed by atoms with van der Waals surface area (Å²) in [5, 5.41) is 19.1. The number of carbonyl (C=O) groups is 1. The van der Waals surface area contributed by atoms with Crippen LogP contribution < -0.4 is 0 Å². The molecule has 0 aliphatic rings. The Balaban J connectivity index is 2.49. The molecule has 0 saturated heterocycles. The molecule has 1 aromatic rings. The van der Waals surface area contributed by atoms with Gasteiger partial charge in [0.25, 0.3) is 0 Å². The van der Waals surface area contributed by atoms with Gasteiger partial charge in [-0.05, 0) is 30.5 Å². The fourth-order valence-electron chi connectivity index (χ4n) is 1.38. The Labute approximate surface area is 99.7 Å². The molecule has 0 aliphatic heterocycles. The first-order chi connectivity index (χ1) is 7.50. The van der Waals surface area contributed by atoms with Crippen LogP contribution in [0.4, 0.5) is 0 Å². The van der Waals surface area contributed by atoms with E-state index in [2.05, 4.69) is 0 Å². The van der Waals surface area contributed by atoms with Crippen LogP contribution in [0, 0.1) is 5.92 Å². The molecule has 2 unspecified atom stereocenters. The second kappa shape index (κ2) is 5.87. The molecule has 0 aromatic heterocycles. The van der Waals surface area contributed by atoms with Crippen LogP contribution in [-0.4, -0.2) is 16.2 Å². The Morgan fingerprint density at radius 2 is 1.88 bits per heavy atom. The lowest BCUT2D eigenvalue weighted by Crippen LogP contribution is -2.11. The van der Waals surface area contributed by atoms with Crippen molar-refractivity contribution in [3.05, 3.63) is 34.9 Å². The van der Waals surface area contributed by atoms with Crippen molar-refractivity contribution < 1.29 is 15.0 Å². The zero-order chi connectivity index (χ0) is 12.1. The zero-order valence-corrected chi connectivity index (χ0v) is 9.81. The monoisotopic (exact) mass is 242 g/mol. The molecule has 4 heteroatoms. The number of hydrogen-bond acceptors (Lipinski definition) is 2. The van der Waals surface area contributed by atoms with Gasteiger partial charge in [-0.1, -0.05) is 30.7 Å². The number of benzene rings is 1. The number of carboxylic acid groups (broad SMARTS) is 1. The van der Waals surface area contributed by atoms with E-state index in [1.165, 1.54) is 0 Å². The fourth-order valence-corrected chi connectivity index (χ4v) is 1.51. The summed E-state index contributed by atoms with van der Waals surface area (Å²) in [5.41, 5.74) is 0.766. The van der Waals surface area contributed by atoms with Gasteiger partial charge in [0.2, 0.25) is 0 Å². The van der Waals surface area contributed by atoms with Gasteiger partial charge in [-0.25, -0.2) is 0 Å². The third-order valence-electron chi connectivity index (χ3n) is 2.55. The maximum atomic E-state index is 10.6. The van der Waals surface area contributed by atoms with E-state index >= 15 is 0 Å². The number of aliphatic hydroxyl groups excluding tert-OH is 1. The lowest BCUT2D eigenvalue weighted by molar-refractivity contribution is -0.141. The molecule has 2 N–H and O–H groups in total. The Morgan fingerprint density at radius 1 is 1.31 bits per heavy atom. The van der Waals surface area contributed by atoms with Crippen molar-refractivity contribution in [2.24, 2.45) is 5.92 Å². The van der Waals surface area contributed by atoms with Gasteiger partial charge in [-0.15, -0.1) is 0 Å². The van der Waals surface area contributed by atoms with Crippen LogP contribution in [0.25, 0.3) is 0 Å². The Kier molecular flexibility index (Phi) is 4.77. The molecule has 0 radical (unpaired) electrons. The molecule has 0 fully saturated rings. The topological polar surface area (TPSA) is 57.5 Å². The molecule has 88 valence electrons. The van der Waals surface area contributed by atoms with Crippen LogP contribution >= 0.6 is 11.6 Å². The Hall–Kier alpha value is -1.06. The van der Waals surface area contributed by atoms with E-state index in [1.54, 1.807) is 31.2 Å². The molecule has 2 atom stereocenters. The second-order valence-corrected chi connectivity index (χ2v) is 4.32. The number of carboxylic acids is 1. The highest BCUT2D eigenvalue weighted by molar-refractivity contribution is 6.30. The molecule has 0 amide bonds. The number of aliphatic carboxylic acids is 1. The molecular formula is C12H15ClO3. The van der Waals surface area contributed by atoms with Gasteiger partial charge >= 0.3 is 5.97 Å². The molecule has 3 nitrogen and oxygen atoms in total. The number of aliphatic hydroxyl groups is 1. The zero-order valence-electron chi connectivity index (χ0n) is 9.06. The van der Waals surface area contributed by atoms with Crippen LogP contribution in [0.2, 0.25) is 5.02 Å². The van der Waals surface area contributed by atoms with Gasteiger partial charge in [-0.3, -0.25) is 4.79 Å². The van der Waals surface area contributed by atoms with Gasteiger partial charge in [0, 0.05) is 5.02 Å². The van der Waals surface area contributed by atoms with Crippen molar-refractivity contribution in [3.63, 3.8) is 0 Å². The van der Waals surface area contributed by atoms with E-state index in [4.69, 9.17) is 16.7 Å². The number of halogens is 1. The van der Waals surface area contributed by atoms with Crippen molar-refractivity contribution >= 4 is 17.6 Å². The maximum Gasteiger partial charge on any atom is 0.306 e. The number of rotatable bonds is 5. The Morgan fingerprint density at radius 3 is 2.38 bits per heavy atom. The highest BCUT2D eigenvalue weighted by atomic mass is 35.5. The quantitative estimate of drug-likeness (QED) is 0.835. The summed E-state index contributed by atoms with van der Waals surface area (Å²) in [5.74, 6) is -1.26. The van der Waals surface area contributed by atoms with E-state index in [1.807, 2.05) is 0 Å². The summed E-state index contributed by atoms with van der Waals surface area (Å²) in [6.07, 6.45) is 0.271. The van der Waals surface area contributed by atoms with Crippen LogP contribution in [-0.2, 0) is 4.79 Å². The van der Waals surface area contributed by atoms with Crippen LogP contribution in [0.3, 0.4) is 0 Å². The van der Waals surface area contributed by atoms with E-state index in [9.17, 15) is 9.90 Å². The average molecular weight is 243 g/mol. The van der Waals surface area contributed by atoms with Gasteiger partial charge in [0.15, 0.2) is 0 Å². The first-order valence-electron chi connectivity index (χ1n) is 5.17. The minimum atomic E-state index is -0.830. The summed E-state index contributed by atoms with van der Waals surface area (Å²) in [7, 11) is 0. The Bertz CT molecular complexity index is 348. The molecule has 0 heterocycles. The van der Waals surface area contributed by atoms with Gasteiger partial charge < -0.3 is 10.2 Å². The first kappa shape index (κ1) is 13.0. The smallest absolute Gasteiger partial charge is 0.306 e. The van der Waals surface area contributed by atoms with Crippen LogP contribution in [0.5, 0.6) is 0 Å². The summed E-state index contributed by atoms with van der Waals surface area (Å²) in [4.78, 5) is 10.6. The van der Waals surface area contributed by atoms with E-state index < -0.39 is 18.0 Å². The number of hydrogen-bond donors (Lipinski definition) is 2. The molecule has 0 aliphatic carbocycles. The predicted octanol–water partition coefficient (Wildman–Crippen LogP) is 2.87. The SMILES string of the molecule is CC(CCC(O)c1ccc(Cl)cc1)C(=O)O. The molecule has 1 rings (SSSR count). The average Bonchev–Trinajstić information content (AvgIpc) is 2.26. The first-order valence-corrected chi connectivity index (χ1v) is 5.55. The summed E-state index contributed by atoms with van der Waals surface area (Å²) < 4.78 is 0. The lowest BCUT2D eigenvalue weighted by atomic mass is 9.99. The van der Waals surface area contributed by atoms with E-state index in [-0.39, 0.29) is 0 Å². The lowest BCUT2D eigenvalue weighted by Gasteiger charge is -2.12. The fraction of sp³-hybridized carbons (Fsp3) is 0.417. The highest BCUT2D eigenvalue weighted by Gasteiger charge is 2.14. The standard InChI is InChI=1S/C12H15ClO3/c1-8(12(15)16)2-7-11(14)9-3-5-10(13)6-4-9/h3-6,8,11,14H,2,7H2,1H3,(H,15,16). The second-order valence-electron chi connectivity index (χ2n) is 3.88. The van der Waals surface area contributed by atoms with Crippen LogP contribution in [0.1, 0.15) is 31.4 Å². The molecule has 1 aromatic carbocycles. The van der Waals surface area contributed by atoms with Crippen molar-refractivity contribution in [3.8, 4) is 0 Å². The summed E-state index contributed by atoms with van der Waals surface area (Å²) >= 11 is 5.73. The molecule has 0 saturated carbocycles.